The second kappa shape index (κ2) is 5.25. The number of nitrogens with zero attached hydrogens (tertiary/aromatic N) is 1. The molecule has 1 saturated heterocycles. The van der Waals surface area contributed by atoms with E-state index in [4.69, 9.17) is 4.74 Å². The average Bonchev–Trinajstić information content (AvgIpc) is 3.26. The molecule has 1 aliphatic carbocycles. The van der Waals surface area contributed by atoms with Crippen LogP contribution in [-0.4, -0.2) is 42.5 Å². The lowest BCUT2D eigenvalue weighted by molar-refractivity contribution is -0.162. The van der Waals surface area contributed by atoms with Gasteiger partial charge < -0.3 is 15.0 Å². The highest BCUT2D eigenvalue weighted by atomic mass is 16.5. The van der Waals surface area contributed by atoms with Crippen molar-refractivity contribution < 1.29 is 14.3 Å². The molecule has 1 heterocycles. The van der Waals surface area contributed by atoms with Gasteiger partial charge in [-0.15, -0.1) is 0 Å². The van der Waals surface area contributed by atoms with Crippen LogP contribution in [0.2, 0.25) is 0 Å². The van der Waals surface area contributed by atoms with Gasteiger partial charge in [-0.2, -0.15) is 0 Å². The molecule has 5 nitrogen and oxygen atoms in total. The van der Waals surface area contributed by atoms with Gasteiger partial charge in [0.25, 0.3) is 5.91 Å². The first-order valence-electron chi connectivity index (χ1n) is 6.89. The average molecular weight is 274 g/mol. The van der Waals surface area contributed by atoms with E-state index in [0.717, 1.165) is 18.4 Å². The first-order valence-corrected chi connectivity index (χ1v) is 6.89. The molecule has 2 fully saturated rings. The number of likely N-dealkylation sites (N-methyl/N-ethyl adjacent to an activating group) is 1. The molecule has 0 spiro atoms. The number of morpholine rings is 1. The third kappa shape index (κ3) is 2.54. The van der Waals surface area contributed by atoms with Crippen molar-refractivity contribution in [2.24, 2.45) is 0 Å². The normalized spacial score (nSPS) is 26.4. The van der Waals surface area contributed by atoms with Crippen molar-refractivity contribution in [3.8, 4) is 0 Å². The maximum atomic E-state index is 12.3. The highest BCUT2D eigenvalue weighted by Gasteiger charge is 2.41. The molecular weight excluding hydrogens is 256 g/mol. The molecule has 2 atom stereocenters. The summed E-state index contributed by atoms with van der Waals surface area (Å²) in [5.74, 6) is -0.227. The van der Waals surface area contributed by atoms with Gasteiger partial charge in [-0.1, -0.05) is 30.3 Å². The minimum absolute atomic E-state index is 0.0391. The Morgan fingerprint density at radius 2 is 2.00 bits per heavy atom. The van der Waals surface area contributed by atoms with Gasteiger partial charge in [-0.3, -0.25) is 9.59 Å². The number of carbonyl (C=O) groups excluding carboxylic acids is 2. The molecule has 0 radical (unpaired) electrons. The predicted molar refractivity (Wildman–Crippen MR) is 72.9 cm³/mol. The number of carbonyl (C=O) groups is 2. The fraction of sp³-hybridized carbons (Fsp3) is 0.467. The number of hydrogen-bond acceptors (Lipinski definition) is 3. The van der Waals surface area contributed by atoms with E-state index < -0.39 is 6.10 Å². The fourth-order valence-corrected chi connectivity index (χ4v) is 2.49. The van der Waals surface area contributed by atoms with Gasteiger partial charge in [-0.05, 0) is 18.4 Å². The van der Waals surface area contributed by atoms with Crippen LogP contribution in [0.1, 0.15) is 24.4 Å². The molecule has 1 aromatic rings. The van der Waals surface area contributed by atoms with E-state index in [1.807, 2.05) is 30.3 Å². The van der Waals surface area contributed by atoms with Crippen LogP contribution in [0.4, 0.5) is 0 Å². The number of hydrogen-bond donors (Lipinski definition) is 1. The molecule has 0 unspecified atom stereocenters. The van der Waals surface area contributed by atoms with Crippen molar-refractivity contribution in [2.45, 2.75) is 31.0 Å². The van der Waals surface area contributed by atoms with Crippen LogP contribution in [-0.2, 0) is 14.3 Å². The molecule has 2 aliphatic rings. The van der Waals surface area contributed by atoms with Crippen LogP contribution >= 0.6 is 0 Å². The highest BCUT2D eigenvalue weighted by Crippen LogP contribution is 2.30. The zero-order valence-electron chi connectivity index (χ0n) is 11.4. The van der Waals surface area contributed by atoms with Crippen LogP contribution in [0.25, 0.3) is 0 Å². The third-order valence-electron chi connectivity index (χ3n) is 3.81. The van der Waals surface area contributed by atoms with E-state index in [-0.39, 0.29) is 30.5 Å². The van der Waals surface area contributed by atoms with Crippen LogP contribution in [0, 0.1) is 0 Å². The second-order valence-corrected chi connectivity index (χ2v) is 5.37. The Morgan fingerprint density at radius 1 is 1.30 bits per heavy atom. The maximum absolute atomic E-state index is 12.3. The summed E-state index contributed by atoms with van der Waals surface area (Å²) in [5.41, 5.74) is 0.916. The van der Waals surface area contributed by atoms with Crippen molar-refractivity contribution in [3.05, 3.63) is 35.9 Å². The SMILES string of the molecule is CN1C(=O)CO[C@@H](C(=O)NC2CC2)[C@H]1c1ccccc1. The quantitative estimate of drug-likeness (QED) is 0.889. The van der Waals surface area contributed by atoms with E-state index in [1.165, 1.54) is 0 Å². The van der Waals surface area contributed by atoms with Gasteiger partial charge in [0.05, 0.1) is 6.04 Å². The first-order chi connectivity index (χ1) is 9.66. The van der Waals surface area contributed by atoms with Crippen molar-refractivity contribution in [3.63, 3.8) is 0 Å². The van der Waals surface area contributed by atoms with Crippen LogP contribution in [0.15, 0.2) is 30.3 Å². The van der Waals surface area contributed by atoms with Crippen LogP contribution < -0.4 is 5.32 Å². The van der Waals surface area contributed by atoms with Gasteiger partial charge in [0, 0.05) is 13.1 Å². The van der Waals surface area contributed by atoms with E-state index in [1.54, 1.807) is 11.9 Å². The zero-order chi connectivity index (χ0) is 14.1. The minimum atomic E-state index is -0.638. The van der Waals surface area contributed by atoms with Crippen molar-refractivity contribution in [1.29, 1.82) is 0 Å². The van der Waals surface area contributed by atoms with E-state index in [2.05, 4.69) is 5.32 Å². The number of rotatable bonds is 3. The lowest BCUT2D eigenvalue weighted by atomic mass is 9.97. The summed E-state index contributed by atoms with van der Waals surface area (Å²) in [6.45, 7) is -0.0391. The molecule has 1 aliphatic heterocycles. The summed E-state index contributed by atoms with van der Waals surface area (Å²) in [4.78, 5) is 25.8. The van der Waals surface area contributed by atoms with Gasteiger partial charge in [0.2, 0.25) is 5.91 Å². The molecule has 1 saturated carbocycles. The Labute approximate surface area is 117 Å². The molecule has 2 amide bonds. The van der Waals surface area contributed by atoms with Gasteiger partial charge in [0.15, 0.2) is 6.10 Å². The molecule has 106 valence electrons. The molecule has 5 heteroatoms. The summed E-state index contributed by atoms with van der Waals surface area (Å²) >= 11 is 0. The summed E-state index contributed by atoms with van der Waals surface area (Å²) in [5, 5.41) is 2.96. The molecule has 1 aromatic carbocycles. The predicted octanol–water partition coefficient (Wildman–Crippen LogP) is 0.863. The number of nitrogens with one attached hydrogen (secondary N) is 1. The molecule has 3 rings (SSSR count). The Bertz CT molecular complexity index is 513. The van der Waals surface area contributed by atoms with E-state index >= 15 is 0 Å². The van der Waals surface area contributed by atoms with Crippen molar-refractivity contribution >= 4 is 11.8 Å². The van der Waals surface area contributed by atoms with Gasteiger partial charge in [-0.25, -0.2) is 0 Å². The van der Waals surface area contributed by atoms with E-state index in [9.17, 15) is 9.59 Å². The Morgan fingerprint density at radius 3 is 2.65 bits per heavy atom. The number of ether oxygens (including phenoxy) is 1. The molecule has 1 N–H and O–H groups in total. The molecule has 0 bridgehead atoms. The van der Waals surface area contributed by atoms with Gasteiger partial charge >= 0.3 is 0 Å². The largest absolute Gasteiger partial charge is 0.356 e. The minimum Gasteiger partial charge on any atom is -0.356 e. The fourth-order valence-electron chi connectivity index (χ4n) is 2.49. The third-order valence-corrected chi connectivity index (χ3v) is 3.81. The van der Waals surface area contributed by atoms with E-state index in [0.29, 0.717) is 0 Å². The molecule has 20 heavy (non-hydrogen) atoms. The number of amides is 2. The highest BCUT2D eigenvalue weighted by molar-refractivity contribution is 5.86. The smallest absolute Gasteiger partial charge is 0.251 e. The first kappa shape index (κ1) is 13.1. The Kier molecular flexibility index (Phi) is 3.44. The summed E-state index contributed by atoms with van der Waals surface area (Å²) in [7, 11) is 1.72. The molecular formula is C15H18N2O3. The summed E-state index contributed by atoms with van der Waals surface area (Å²) in [6, 6.07) is 9.47. The van der Waals surface area contributed by atoms with Crippen LogP contribution in [0.3, 0.4) is 0 Å². The second-order valence-electron chi connectivity index (χ2n) is 5.37. The Hall–Kier alpha value is -1.88. The lowest BCUT2D eigenvalue weighted by Gasteiger charge is -2.38. The van der Waals surface area contributed by atoms with Crippen LogP contribution in [0.5, 0.6) is 0 Å². The zero-order valence-corrected chi connectivity index (χ0v) is 11.4. The monoisotopic (exact) mass is 274 g/mol. The van der Waals surface area contributed by atoms with Crippen molar-refractivity contribution in [1.82, 2.24) is 10.2 Å². The topological polar surface area (TPSA) is 58.6 Å². The van der Waals surface area contributed by atoms with Gasteiger partial charge in [0.1, 0.15) is 6.61 Å². The molecule has 0 aromatic heterocycles. The summed E-state index contributed by atoms with van der Waals surface area (Å²) < 4.78 is 5.51. The maximum Gasteiger partial charge on any atom is 0.251 e. The lowest BCUT2D eigenvalue weighted by Crippen LogP contribution is -2.53. The summed E-state index contributed by atoms with van der Waals surface area (Å²) in [6.07, 6.45) is 1.42. The van der Waals surface area contributed by atoms with Crippen molar-refractivity contribution in [2.75, 3.05) is 13.7 Å². The standard InChI is InChI=1S/C15H18N2O3/c1-17-12(18)9-20-14(15(19)16-11-7-8-11)13(17)10-5-3-2-4-6-10/h2-6,11,13-14H,7-9H2,1H3,(H,16,19)/t13-,14-/m1/s1. The Balaban J connectivity index is 1.85. The number of benzene rings is 1.